The van der Waals surface area contributed by atoms with Crippen molar-refractivity contribution in [1.82, 2.24) is 4.90 Å². The molecule has 4 heteroatoms. The molecule has 3 atom stereocenters. The van der Waals surface area contributed by atoms with Crippen molar-refractivity contribution < 1.29 is 14.3 Å². The molecule has 0 spiro atoms. The number of rotatable bonds is 7. The maximum absolute atomic E-state index is 13.0. The quantitative estimate of drug-likeness (QED) is 0.728. The van der Waals surface area contributed by atoms with Crippen LogP contribution in [0, 0.1) is 17.8 Å². The number of carbonyl (C=O) groups is 2. The van der Waals surface area contributed by atoms with Crippen LogP contribution < -0.4 is 4.74 Å². The summed E-state index contributed by atoms with van der Waals surface area (Å²) in [7, 11) is 1.63. The molecule has 2 aromatic carbocycles. The summed E-state index contributed by atoms with van der Waals surface area (Å²) in [6.45, 7) is 3.03. The Balaban J connectivity index is 1.78. The highest BCUT2D eigenvalue weighted by Gasteiger charge is 2.52. The molecule has 25 heavy (non-hydrogen) atoms. The van der Waals surface area contributed by atoms with Crippen LogP contribution in [0.3, 0.4) is 0 Å². The first-order chi connectivity index (χ1) is 12.1. The number of methoxy groups -OCH3 is 1. The van der Waals surface area contributed by atoms with Gasteiger partial charge in [-0.1, -0.05) is 49.4 Å². The third-order valence-corrected chi connectivity index (χ3v) is 4.95. The van der Waals surface area contributed by atoms with Gasteiger partial charge >= 0.3 is 0 Å². The summed E-state index contributed by atoms with van der Waals surface area (Å²) >= 11 is 0. The second-order valence-corrected chi connectivity index (χ2v) is 6.63. The Morgan fingerprint density at radius 1 is 1.04 bits per heavy atom. The van der Waals surface area contributed by atoms with E-state index in [1.54, 1.807) is 7.11 Å². The molecule has 0 N–H and O–H groups in total. The summed E-state index contributed by atoms with van der Waals surface area (Å²) < 4.78 is 5.19. The van der Waals surface area contributed by atoms with E-state index in [2.05, 4.69) is 0 Å². The lowest BCUT2D eigenvalue weighted by molar-refractivity contribution is -0.135. The number of benzene rings is 2. The van der Waals surface area contributed by atoms with Gasteiger partial charge < -0.3 is 14.4 Å². The first kappa shape index (κ1) is 17.2. The van der Waals surface area contributed by atoms with Gasteiger partial charge in [-0.15, -0.1) is 0 Å². The van der Waals surface area contributed by atoms with Crippen molar-refractivity contribution in [2.75, 3.05) is 7.11 Å². The number of nitrogens with zero attached hydrogens (tertiary/aromatic N) is 1. The maximum Gasteiger partial charge on any atom is 0.227 e. The van der Waals surface area contributed by atoms with Gasteiger partial charge in [0.25, 0.3) is 0 Å². The van der Waals surface area contributed by atoms with Gasteiger partial charge in [-0.05, 0) is 29.2 Å². The van der Waals surface area contributed by atoms with Crippen molar-refractivity contribution >= 4 is 12.2 Å². The molecule has 130 valence electrons. The SMILES string of the molecule is COc1ccc(CN(Cc2ccccc2)C(=O)[C@@H]2[C@@H](C)[C@H]2C=O)cc1. The molecule has 4 nitrogen and oxygen atoms in total. The zero-order valence-electron chi connectivity index (χ0n) is 14.6. The fourth-order valence-corrected chi connectivity index (χ4v) is 3.27. The second kappa shape index (κ2) is 7.51. The average molecular weight is 337 g/mol. The number of aldehydes is 1. The Bertz CT molecular complexity index is 727. The van der Waals surface area contributed by atoms with Crippen LogP contribution in [0.1, 0.15) is 18.1 Å². The minimum Gasteiger partial charge on any atom is -0.497 e. The van der Waals surface area contributed by atoms with Gasteiger partial charge in [-0.3, -0.25) is 4.79 Å². The number of hydrogen-bond donors (Lipinski definition) is 0. The van der Waals surface area contributed by atoms with Crippen LogP contribution in [0.5, 0.6) is 5.75 Å². The van der Waals surface area contributed by atoms with E-state index < -0.39 is 0 Å². The van der Waals surface area contributed by atoms with Crippen molar-refractivity contribution in [3.63, 3.8) is 0 Å². The van der Waals surface area contributed by atoms with E-state index >= 15 is 0 Å². The van der Waals surface area contributed by atoms with Gasteiger partial charge in [-0.25, -0.2) is 0 Å². The van der Waals surface area contributed by atoms with Crippen LogP contribution in [0.2, 0.25) is 0 Å². The van der Waals surface area contributed by atoms with Crippen LogP contribution in [0.25, 0.3) is 0 Å². The first-order valence-electron chi connectivity index (χ1n) is 8.55. The van der Waals surface area contributed by atoms with E-state index in [0.717, 1.165) is 23.2 Å². The Labute approximate surface area is 148 Å². The maximum atomic E-state index is 13.0. The van der Waals surface area contributed by atoms with Crippen LogP contribution in [0.4, 0.5) is 0 Å². The van der Waals surface area contributed by atoms with Crippen LogP contribution in [-0.4, -0.2) is 24.2 Å². The molecule has 1 fully saturated rings. The summed E-state index contributed by atoms with van der Waals surface area (Å²) in [5.74, 6) is 0.672. The summed E-state index contributed by atoms with van der Waals surface area (Å²) in [6.07, 6.45) is 0.918. The van der Waals surface area contributed by atoms with E-state index in [1.807, 2.05) is 66.4 Å². The van der Waals surface area contributed by atoms with Crippen LogP contribution >= 0.6 is 0 Å². The molecule has 1 saturated carbocycles. The zero-order chi connectivity index (χ0) is 17.8. The van der Waals surface area contributed by atoms with Gasteiger partial charge in [0.2, 0.25) is 5.91 Å². The van der Waals surface area contributed by atoms with Crippen molar-refractivity contribution in [3.05, 3.63) is 65.7 Å². The minimum absolute atomic E-state index is 0.0595. The van der Waals surface area contributed by atoms with Gasteiger partial charge in [0.15, 0.2) is 0 Å². The summed E-state index contributed by atoms with van der Waals surface area (Å²) in [6, 6.07) is 17.7. The van der Waals surface area contributed by atoms with E-state index in [4.69, 9.17) is 4.74 Å². The fourth-order valence-electron chi connectivity index (χ4n) is 3.27. The molecule has 0 aromatic heterocycles. The normalized spacial score (nSPS) is 21.4. The Morgan fingerprint density at radius 3 is 2.16 bits per heavy atom. The number of hydrogen-bond acceptors (Lipinski definition) is 3. The predicted octanol–water partition coefficient (Wildman–Crippen LogP) is 3.31. The average Bonchev–Trinajstić information content (AvgIpc) is 3.31. The molecule has 0 unspecified atom stereocenters. The molecule has 0 radical (unpaired) electrons. The van der Waals surface area contributed by atoms with Crippen LogP contribution in [-0.2, 0) is 22.7 Å². The third kappa shape index (κ3) is 3.90. The highest BCUT2D eigenvalue weighted by molar-refractivity contribution is 5.87. The van der Waals surface area contributed by atoms with Crippen molar-refractivity contribution in [2.45, 2.75) is 20.0 Å². The minimum atomic E-state index is -0.181. The smallest absolute Gasteiger partial charge is 0.227 e. The molecule has 1 aliphatic carbocycles. The lowest BCUT2D eigenvalue weighted by atomic mass is 10.1. The molecular formula is C21H23NO3. The monoisotopic (exact) mass is 337 g/mol. The molecule has 0 heterocycles. The Morgan fingerprint density at radius 2 is 1.64 bits per heavy atom. The molecule has 3 rings (SSSR count). The fraction of sp³-hybridized carbons (Fsp3) is 0.333. The van der Waals surface area contributed by atoms with Gasteiger partial charge in [0.05, 0.1) is 13.0 Å². The molecule has 1 amide bonds. The second-order valence-electron chi connectivity index (χ2n) is 6.63. The Hall–Kier alpha value is -2.62. The number of ether oxygens (including phenoxy) is 1. The summed E-state index contributed by atoms with van der Waals surface area (Å²) in [5.41, 5.74) is 2.13. The molecule has 2 aromatic rings. The highest BCUT2D eigenvalue weighted by Crippen LogP contribution is 2.45. The highest BCUT2D eigenvalue weighted by atomic mass is 16.5. The predicted molar refractivity (Wildman–Crippen MR) is 95.9 cm³/mol. The van der Waals surface area contributed by atoms with Gasteiger partial charge in [0.1, 0.15) is 12.0 Å². The Kier molecular flexibility index (Phi) is 5.17. The lowest BCUT2D eigenvalue weighted by Gasteiger charge is -2.23. The van der Waals surface area contributed by atoms with E-state index in [1.165, 1.54) is 0 Å². The van der Waals surface area contributed by atoms with Crippen LogP contribution in [0.15, 0.2) is 54.6 Å². The molecule has 1 aliphatic rings. The molecular weight excluding hydrogens is 314 g/mol. The number of amides is 1. The molecule has 0 aliphatic heterocycles. The molecule has 0 saturated heterocycles. The zero-order valence-corrected chi connectivity index (χ0v) is 14.6. The van der Waals surface area contributed by atoms with Crippen molar-refractivity contribution in [1.29, 1.82) is 0 Å². The van der Waals surface area contributed by atoms with E-state index in [9.17, 15) is 9.59 Å². The standard InChI is InChI=1S/C21H23NO3/c1-15-19(14-23)20(15)21(24)22(12-16-6-4-3-5-7-16)13-17-8-10-18(25-2)11-9-17/h3-11,14-15,19-20H,12-13H2,1-2H3/t15-,19+,20+/m0/s1. The van der Waals surface area contributed by atoms with Crippen molar-refractivity contribution in [3.8, 4) is 5.75 Å². The van der Waals surface area contributed by atoms with Gasteiger partial charge in [0, 0.05) is 19.0 Å². The number of carbonyl (C=O) groups excluding carboxylic acids is 2. The van der Waals surface area contributed by atoms with Gasteiger partial charge in [-0.2, -0.15) is 0 Å². The van der Waals surface area contributed by atoms with Crippen molar-refractivity contribution in [2.24, 2.45) is 17.8 Å². The summed E-state index contributed by atoms with van der Waals surface area (Å²) in [5, 5.41) is 0. The molecule has 0 bridgehead atoms. The van der Waals surface area contributed by atoms with E-state index in [0.29, 0.717) is 13.1 Å². The topological polar surface area (TPSA) is 46.6 Å². The summed E-state index contributed by atoms with van der Waals surface area (Å²) in [4.78, 5) is 25.9. The third-order valence-electron chi connectivity index (χ3n) is 4.95. The lowest BCUT2D eigenvalue weighted by Crippen LogP contribution is -2.32. The van der Waals surface area contributed by atoms with E-state index in [-0.39, 0.29) is 23.7 Å². The first-order valence-corrected chi connectivity index (χ1v) is 8.55. The largest absolute Gasteiger partial charge is 0.497 e.